The lowest BCUT2D eigenvalue weighted by Gasteiger charge is -2.28. The molecule has 0 aliphatic rings. The Kier molecular flexibility index (Phi) is 9.55. The van der Waals surface area contributed by atoms with E-state index in [0.717, 1.165) is 28.0 Å². The lowest BCUT2D eigenvalue weighted by atomic mass is 9.86. The lowest BCUT2D eigenvalue weighted by molar-refractivity contribution is 0.530. The second-order valence-electron chi connectivity index (χ2n) is 9.97. The molecule has 0 spiro atoms. The first-order chi connectivity index (χ1) is 20.3. The summed E-state index contributed by atoms with van der Waals surface area (Å²) in [6, 6.07) is 41.1. The Morgan fingerprint density at radius 2 is 1.19 bits per heavy atom. The standard InChI is InChI=1S/C35H30Cl2N2O2S/c1-25-20-22-29(23-21-25)42(40,41)38-24-30(26-12-5-2-6-13-26)35(33-31(36)18-11-19-32(33)37)39-34(27-14-7-3-8-15-27)28-16-9-4-10-17-28/h2-23,30,35,38H,24H2,1H3/t30-,35-/m0/s1. The molecule has 1 N–H and O–H groups in total. The van der Waals surface area contributed by atoms with Gasteiger partial charge in [0.1, 0.15) is 0 Å². The summed E-state index contributed by atoms with van der Waals surface area (Å²) >= 11 is 13.7. The van der Waals surface area contributed by atoms with E-state index in [0.29, 0.717) is 15.6 Å². The van der Waals surface area contributed by atoms with Crippen molar-refractivity contribution in [3.63, 3.8) is 0 Å². The van der Waals surface area contributed by atoms with Crippen molar-refractivity contribution in [3.05, 3.63) is 171 Å². The van der Waals surface area contributed by atoms with Gasteiger partial charge in [0.05, 0.1) is 16.6 Å². The Labute approximate surface area is 257 Å². The molecule has 0 heterocycles. The van der Waals surface area contributed by atoms with E-state index in [4.69, 9.17) is 28.2 Å². The molecular formula is C35H30Cl2N2O2S. The number of nitrogens with zero attached hydrogens (tertiary/aromatic N) is 1. The van der Waals surface area contributed by atoms with Gasteiger partial charge in [-0.15, -0.1) is 0 Å². The Morgan fingerprint density at radius 3 is 1.71 bits per heavy atom. The van der Waals surface area contributed by atoms with Crippen LogP contribution < -0.4 is 4.72 Å². The summed E-state index contributed by atoms with van der Waals surface area (Å²) in [5.74, 6) is -0.453. The fourth-order valence-corrected chi connectivity index (χ4v) is 6.59. The van der Waals surface area contributed by atoms with Crippen LogP contribution in [0.4, 0.5) is 0 Å². The maximum atomic E-state index is 13.4. The molecule has 0 unspecified atom stereocenters. The molecule has 0 aliphatic heterocycles. The van der Waals surface area contributed by atoms with Crippen molar-refractivity contribution in [1.29, 1.82) is 0 Å². The third-order valence-electron chi connectivity index (χ3n) is 7.09. The van der Waals surface area contributed by atoms with Gasteiger partial charge in [-0.25, -0.2) is 13.1 Å². The van der Waals surface area contributed by atoms with Crippen LogP contribution in [0.5, 0.6) is 0 Å². The van der Waals surface area contributed by atoms with Crippen LogP contribution in [0.3, 0.4) is 0 Å². The molecule has 0 saturated heterocycles. The van der Waals surface area contributed by atoms with E-state index in [1.807, 2.05) is 97.9 Å². The van der Waals surface area contributed by atoms with Crippen molar-refractivity contribution in [2.75, 3.05) is 6.54 Å². The average molecular weight is 614 g/mol. The van der Waals surface area contributed by atoms with Crippen molar-refractivity contribution < 1.29 is 8.42 Å². The van der Waals surface area contributed by atoms with E-state index in [9.17, 15) is 8.42 Å². The summed E-state index contributed by atoms with van der Waals surface area (Å²) in [7, 11) is -3.81. The highest BCUT2D eigenvalue weighted by atomic mass is 35.5. The van der Waals surface area contributed by atoms with Crippen LogP contribution in [0, 0.1) is 6.92 Å². The number of aryl methyl sites for hydroxylation is 1. The van der Waals surface area contributed by atoms with Gasteiger partial charge in [0.15, 0.2) is 0 Å². The van der Waals surface area contributed by atoms with Gasteiger partial charge in [0, 0.05) is 39.2 Å². The van der Waals surface area contributed by atoms with Gasteiger partial charge < -0.3 is 0 Å². The summed E-state index contributed by atoms with van der Waals surface area (Å²) in [6.07, 6.45) is 0. The molecule has 0 aromatic heterocycles. The summed E-state index contributed by atoms with van der Waals surface area (Å²) in [5, 5.41) is 0.915. The van der Waals surface area contributed by atoms with Crippen LogP contribution in [-0.2, 0) is 10.0 Å². The smallest absolute Gasteiger partial charge is 0.240 e. The Hall–Kier alpha value is -3.74. The summed E-state index contributed by atoms with van der Waals surface area (Å²) in [6.45, 7) is 1.98. The van der Waals surface area contributed by atoms with Crippen LogP contribution in [0.25, 0.3) is 0 Å². The molecule has 0 aliphatic carbocycles. The van der Waals surface area contributed by atoms with Crippen LogP contribution in [0.2, 0.25) is 10.0 Å². The van der Waals surface area contributed by atoms with Crippen LogP contribution in [0.1, 0.15) is 39.8 Å². The number of hydrogen-bond donors (Lipinski definition) is 1. The van der Waals surface area contributed by atoms with Crippen molar-refractivity contribution in [1.82, 2.24) is 4.72 Å². The second kappa shape index (κ2) is 13.5. The third-order valence-corrected chi connectivity index (χ3v) is 9.19. The molecule has 0 bridgehead atoms. The van der Waals surface area contributed by atoms with Gasteiger partial charge in [-0.2, -0.15) is 0 Å². The first kappa shape index (κ1) is 29.7. The molecule has 0 radical (unpaired) electrons. The third kappa shape index (κ3) is 7.00. The second-order valence-corrected chi connectivity index (χ2v) is 12.6. The molecule has 5 aromatic carbocycles. The fraction of sp³-hybridized carbons (Fsp3) is 0.114. The van der Waals surface area contributed by atoms with Crippen molar-refractivity contribution in [2.45, 2.75) is 23.8 Å². The summed E-state index contributed by atoms with van der Waals surface area (Å²) < 4.78 is 29.7. The zero-order valence-corrected chi connectivity index (χ0v) is 25.3. The fourth-order valence-electron chi connectivity index (χ4n) is 4.91. The predicted octanol–water partition coefficient (Wildman–Crippen LogP) is 8.64. The SMILES string of the molecule is Cc1ccc(S(=O)(=O)NC[C@@H](c2ccccc2)[C@H](N=C(c2ccccc2)c2ccccc2)c2c(Cl)cccc2Cl)cc1. The highest BCUT2D eigenvalue weighted by molar-refractivity contribution is 7.89. The molecule has 7 heteroatoms. The van der Waals surface area contributed by atoms with Crippen LogP contribution >= 0.6 is 23.2 Å². The Bertz CT molecular complexity index is 1700. The van der Waals surface area contributed by atoms with Gasteiger partial charge in [-0.05, 0) is 36.8 Å². The number of sulfonamides is 1. The molecule has 5 aromatic rings. The highest BCUT2D eigenvalue weighted by Crippen LogP contribution is 2.42. The Balaban J connectivity index is 1.69. The van der Waals surface area contributed by atoms with Gasteiger partial charge in [-0.3, -0.25) is 4.99 Å². The van der Waals surface area contributed by atoms with Crippen molar-refractivity contribution in [2.24, 2.45) is 4.99 Å². The van der Waals surface area contributed by atoms with E-state index in [1.54, 1.807) is 42.5 Å². The predicted molar refractivity (Wildman–Crippen MR) is 173 cm³/mol. The zero-order valence-electron chi connectivity index (χ0n) is 23.0. The van der Waals surface area contributed by atoms with Crippen molar-refractivity contribution >= 4 is 38.9 Å². The minimum atomic E-state index is -3.81. The van der Waals surface area contributed by atoms with E-state index in [2.05, 4.69) is 4.72 Å². The number of rotatable bonds is 10. The highest BCUT2D eigenvalue weighted by Gasteiger charge is 2.31. The summed E-state index contributed by atoms with van der Waals surface area (Å²) in [5.41, 5.74) is 5.10. The molecule has 4 nitrogen and oxygen atoms in total. The van der Waals surface area contributed by atoms with E-state index < -0.39 is 22.0 Å². The molecule has 0 amide bonds. The monoisotopic (exact) mass is 612 g/mol. The summed E-state index contributed by atoms with van der Waals surface area (Å²) in [4.78, 5) is 5.58. The maximum absolute atomic E-state index is 13.4. The van der Waals surface area contributed by atoms with Gasteiger partial charge in [0.25, 0.3) is 0 Å². The minimum absolute atomic E-state index is 0.0623. The molecule has 0 saturated carbocycles. The molecule has 212 valence electrons. The topological polar surface area (TPSA) is 58.5 Å². The minimum Gasteiger partial charge on any atom is -0.275 e. The molecule has 0 fully saturated rings. The average Bonchev–Trinajstić information content (AvgIpc) is 3.01. The zero-order chi connectivity index (χ0) is 29.5. The van der Waals surface area contributed by atoms with Crippen LogP contribution in [0.15, 0.2) is 143 Å². The van der Waals surface area contributed by atoms with Gasteiger partial charge in [-0.1, -0.05) is 138 Å². The first-order valence-electron chi connectivity index (χ1n) is 13.6. The molecular weight excluding hydrogens is 583 g/mol. The molecule has 2 atom stereocenters. The number of hydrogen-bond acceptors (Lipinski definition) is 3. The van der Waals surface area contributed by atoms with Crippen molar-refractivity contribution in [3.8, 4) is 0 Å². The van der Waals surface area contributed by atoms with Gasteiger partial charge >= 0.3 is 0 Å². The van der Waals surface area contributed by atoms with Crippen LogP contribution in [-0.4, -0.2) is 20.7 Å². The number of halogens is 2. The largest absolute Gasteiger partial charge is 0.275 e. The lowest BCUT2D eigenvalue weighted by Crippen LogP contribution is -2.31. The first-order valence-corrected chi connectivity index (χ1v) is 15.8. The molecule has 42 heavy (non-hydrogen) atoms. The quantitative estimate of drug-likeness (QED) is 0.160. The van der Waals surface area contributed by atoms with E-state index >= 15 is 0 Å². The van der Waals surface area contributed by atoms with E-state index in [1.165, 1.54) is 0 Å². The molecule has 5 rings (SSSR count). The number of aliphatic imine (C=N–C) groups is 1. The number of nitrogens with one attached hydrogen (secondary N) is 1. The number of benzene rings is 5. The van der Waals surface area contributed by atoms with Gasteiger partial charge in [0.2, 0.25) is 10.0 Å². The normalized spacial score (nSPS) is 12.8. The van der Waals surface area contributed by atoms with E-state index in [-0.39, 0.29) is 11.4 Å². The Morgan fingerprint density at radius 1 is 0.690 bits per heavy atom. The maximum Gasteiger partial charge on any atom is 0.240 e.